The molecule has 0 saturated carbocycles. The lowest BCUT2D eigenvalue weighted by Crippen LogP contribution is -2.50. The van der Waals surface area contributed by atoms with Gasteiger partial charge in [0, 0.05) is 38.8 Å². The van der Waals surface area contributed by atoms with Gasteiger partial charge in [0.1, 0.15) is 5.82 Å². The number of hydrogen-bond donors (Lipinski definition) is 1. The van der Waals surface area contributed by atoms with Gasteiger partial charge in [-0.25, -0.2) is 4.39 Å². The van der Waals surface area contributed by atoms with E-state index in [0.29, 0.717) is 19.0 Å². The SMILES string of the molecule is CC(Cc1ccccc1F)N1CCN(CCC(=O)O)CC1. The molecule has 1 aromatic carbocycles. The summed E-state index contributed by atoms with van der Waals surface area (Å²) in [5.74, 6) is -0.880. The van der Waals surface area contributed by atoms with Gasteiger partial charge in [0.05, 0.1) is 6.42 Å². The quantitative estimate of drug-likeness (QED) is 0.869. The molecule has 0 amide bonds. The number of carbonyl (C=O) groups is 1. The zero-order valence-corrected chi connectivity index (χ0v) is 12.5. The second kappa shape index (κ2) is 7.52. The predicted molar refractivity (Wildman–Crippen MR) is 79.8 cm³/mol. The molecule has 1 saturated heterocycles. The number of hydrogen-bond acceptors (Lipinski definition) is 3. The van der Waals surface area contributed by atoms with Crippen LogP contribution in [0.25, 0.3) is 0 Å². The fraction of sp³-hybridized carbons (Fsp3) is 0.562. The second-order valence-corrected chi connectivity index (χ2v) is 5.67. The van der Waals surface area contributed by atoms with E-state index >= 15 is 0 Å². The lowest BCUT2D eigenvalue weighted by molar-refractivity contribution is -0.137. The molecule has 0 aliphatic carbocycles. The van der Waals surface area contributed by atoms with Crippen molar-refractivity contribution >= 4 is 5.97 Å². The minimum Gasteiger partial charge on any atom is -0.481 e. The Balaban J connectivity index is 1.79. The fourth-order valence-electron chi connectivity index (χ4n) is 2.79. The van der Waals surface area contributed by atoms with Crippen LogP contribution < -0.4 is 0 Å². The van der Waals surface area contributed by atoms with Crippen LogP contribution in [-0.2, 0) is 11.2 Å². The highest BCUT2D eigenvalue weighted by atomic mass is 19.1. The molecule has 1 unspecified atom stereocenters. The lowest BCUT2D eigenvalue weighted by Gasteiger charge is -2.38. The largest absolute Gasteiger partial charge is 0.481 e. The van der Waals surface area contributed by atoms with Crippen molar-refractivity contribution in [1.82, 2.24) is 9.80 Å². The minimum absolute atomic E-state index is 0.135. The van der Waals surface area contributed by atoms with Gasteiger partial charge in [-0.05, 0) is 25.0 Å². The Morgan fingerprint density at radius 3 is 2.57 bits per heavy atom. The zero-order chi connectivity index (χ0) is 15.2. The first-order chi connectivity index (χ1) is 10.1. The van der Waals surface area contributed by atoms with Crippen LogP contribution in [0, 0.1) is 5.82 Å². The van der Waals surface area contributed by atoms with Crippen molar-refractivity contribution in [3.63, 3.8) is 0 Å². The number of halogens is 1. The molecule has 1 aliphatic heterocycles. The lowest BCUT2D eigenvalue weighted by atomic mass is 10.0. The van der Waals surface area contributed by atoms with E-state index in [2.05, 4.69) is 16.7 Å². The number of aliphatic carboxylic acids is 1. The van der Waals surface area contributed by atoms with Gasteiger partial charge in [-0.15, -0.1) is 0 Å². The zero-order valence-electron chi connectivity index (χ0n) is 12.5. The Morgan fingerprint density at radius 2 is 1.95 bits per heavy atom. The van der Waals surface area contributed by atoms with Crippen LogP contribution in [0.5, 0.6) is 0 Å². The van der Waals surface area contributed by atoms with Crippen LogP contribution in [0.2, 0.25) is 0 Å². The average molecular weight is 294 g/mol. The van der Waals surface area contributed by atoms with E-state index in [9.17, 15) is 9.18 Å². The molecule has 1 atom stereocenters. The van der Waals surface area contributed by atoms with E-state index in [1.807, 2.05) is 12.1 Å². The molecule has 1 N–H and O–H groups in total. The molecule has 1 fully saturated rings. The Bertz CT molecular complexity index is 473. The van der Waals surface area contributed by atoms with E-state index in [-0.39, 0.29) is 12.2 Å². The maximum atomic E-state index is 13.7. The van der Waals surface area contributed by atoms with Gasteiger partial charge in [0.25, 0.3) is 0 Å². The second-order valence-electron chi connectivity index (χ2n) is 5.67. The maximum absolute atomic E-state index is 13.7. The van der Waals surface area contributed by atoms with E-state index in [4.69, 9.17) is 5.11 Å². The first-order valence-corrected chi connectivity index (χ1v) is 7.48. The number of benzene rings is 1. The predicted octanol–water partition coefficient (Wildman–Crippen LogP) is 1.85. The van der Waals surface area contributed by atoms with Crippen molar-refractivity contribution < 1.29 is 14.3 Å². The van der Waals surface area contributed by atoms with Crippen LogP contribution >= 0.6 is 0 Å². The van der Waals surface area contributed by atoms with Gasteiger partial charge in [-0.3, -0.25) is 9.69 Å². The Hall–Kier alpha value is -1.46. The molecule has 116 valence electrons. The van der Waals surface area contributed by atoms with E-state index in [0.717, 1.165) is 31.7 Å². The Morgan fingerprint density at radius 1 is 1.29 bits per heavy atom. The average Bonchev–Trinajstić information content (AvgIpc) is 2.48. The molecule has 0 radical (unpaired) electrons. The third-order valence-electron chi connectivity index (χ3n) is 4.15. The van der Waals surface area contributed by atoms with Crippen molar-refractivity contribution in [2.24, 2.45) is 0 Å². The van der Waals surface area contributed by atoms with Crippen molar-refractivity contribution in [1.29, 1.82) is 0 Å². The highest BCUT2D eigenvalue weighted by Gasteiger charge is 2.22. The van der Waals surface area contributed by atoms with Crippen molar-refractivity contribution in [3.8, 4) is 0 Å². The van der Waals surface area contributed by atoms with Crippen molar-refractivity contribution in [2.75, 3.05) is 32.7 Å². The normalized spacial score (nSPS) is 18.6. The summed E-state index contributed by atoms with van der Waals surface area (Å²) >= 11 is 0. The molecule has 5 heteroatoms. The topological polar surface area (TPSA) is 43.8 Å². The molecule has 1 aromatic rings. The van der Waals surface area contributed by atoms with Crippen LogP contribution in [0.1, 0.15) is 18.9 Å². The molecule has 0 bridgehead atoms. The number of carboxylic acid groups (broad SMARTS) is 1. The van der Waals surface area contributed by atoms with Crippen LogP contribution in [0.3, 0.4) is 0 Å². The van der Waals surface area contributed by atoms with Gasteiger partial charge in [-0.2, -0.15) is 0 Å². The minimum atomic E-state index is -0.745. The molecule has 1 heterocycles. The summed E-state index contributed by atoms with van der Waals surface area (Å²) < 4.78 is 13.7. The fourth-order valence-corrected chi connectivity index (χ4v) is 2.79. The van der Waals surface area contributed by atoms with Gasteiger partial charge < -0.3 is 10.0 Å². The van der Waals surface area contributed by atoms with E-state index < -0.39 is 5.97 Å². The highest BCUT2D eigenvalue weighted by Crippen LogP contribution is 2.14. The summed E-state index contributed by atoms with van der Waals surface area (Å²) in [6.07, 6.45) is 0.909. The maximum Gasteiger partial charge on any atom is 0.304 e. The monoisotopic (exact) mass is 294 g/mol. The Kier molecular flexibility index (Phi) is 5.70. The molecule has 21 heavy (non-hydrogen) atoms. The van der Waals surface area contributed by atoms with Gasteiger partial charge >= 0.3 is 5.97 Å². The molecular formula is C16H23FN2O2. The third-order valence-corrected chi connectivity index (χ3v) is 4.15. The summed E-state index contributed by atoms with van der Waals surface area (Å²) in [6.45, 7) is 6.33. The molecule has 0 aromatic heterocycles. The number of carboxylic acids is 1. The van der Waals surface area contributed by atoms with E-state index in [1.54, 1.807) is 6.07 Å². The standard InChI is InChI=1S/C16H23FN2O2/c1-13(12-14-4-2-3-5-15(14)17)19-10-8-18(9-11-19)7-6-16(20)21/h2-5,13H,6-12H2,1H3,(H,20,21). The highest BCUT2D eigenvalue weighted by molar-refractivity contribution is 5.66. The summed E-state index contributed by atoms with van der Waals surface area (Å²) in [6, 6.07) is 7.23. The number of nitrogens with zero attached hydrogens (tertiary/aromatic N) is 2. The van der Waals surface area contributed by atoms with Crippen molar-refractivity contribution in [2.45, 2.75) is 25.8 Å². The number of piperazine rings is 1. The molecular weight excluding hydrogens is 271 g/mol. The van der Waals surface area contributed by atoms with Crippen LogP contribution in [-0.4, -0.2) is 59.6 Å². The molecule has 4 nitrogen and oxygen atoms in total. The first kappa shape index (κ1) is 15.9. The molecule has 1 aliphatic rings. The first-order valence-electron chi connectivity index (χ1n) is 7.48. The summed E-state index contributed by atoms with van der Waals surface area (Å²) in [7, 11) is 0. The molecule has 0 spiro atoms. The van der Waals surface area contributed by atoms with Crippen molar-refractivity contribution in [3.05, 3.63) is 35.6 Å². The van der Waals surface area contributed by atoms with Crippen LogP contribution in [0.4, 0.5) is 4.39 Å². The summed E-state index contributed by atoms with van der Waals surface area (Å²) in [5.41, 5.74) is 0.762. The van der Waals surface area contributed by atoms with Crippen LogP contribution in [0.15, 0.2) is 24.3 Å². The van der Waals surface area contributed by atoms with Gasteiger partial charge in [-0.1, -0.05) is 18.2 Å². The summed E-state index contributed by atoms with van der Waals surface area (Å²) in [4.78, 5) is 15.1. The number of rotatable bonds is 6. The molecule has 2 rings (SSSR count). The summed E-state index contributed by atoms with van der Waals surface area (Å²) in [5, 5.41) is 8.70. The Labute approximate surface area is 125 Å². The third kappa shape index (κ3) is 4.79. The smallest absolute Gasteiger partial charge is 0.304 e. The van der Waals surface area contributed by atoms with Gasteiger partial charge in [0.2, 0.25) is 0 Å². The van der Waals surface area contributed by atoms with Gasteiger partial charge in [0.15, 0.2) is 0 Å². The van der Waals surface area contributed by atoms with E-state index in [1.165, 1.54) is 6.07 Å².